The van der Waals surface area contributed by atoms with E-state index in [9.17, 15) is 34.3 Å². The van der Waals surface area contributed by atoms with Crippen molar-refractivity contribution in [3.63, 3.8) is 0 Å². The van der Waals surface area contributed by atoms with Crippen molar-refractivity contribution < 1.29 is 33.9 Å². The number of halogens is 2. The number of aromatic hydroxyl groups is 1. The number of carbonyl (C=O) groups is 2. The fourth-order valence-corrected chi connectivity index (χ4v) is 4.06. The summed E-state index contributed by atoms with van der Waals surface area (Å²) in [6.45, 7) is 0. The highest BCUT2D eigenvalue weighted by Crippen LogP contribution is 2.45. The normalized spacial score (nSPS) is 17.0. The lowest BCUT2D eigenvalue weighted by molar-refractivity contribution is -0.385. The first-order valence-electron chi connectivity index (χ1n) is 10.0. The molecular weight excluding hydrogens is 483 g/mol. The Morgan fingerprint density at radius 2 is 1.89 bits per heavy atom. The summed E-state index contributed by atoms with van der Waals surface area (Å²) in [7, 11) is 1.38. The number of hydrogen-bond acceptors (Lipinski definition) is 7. The number of nitro benzene ring substituents is 1. The van der Waals surface area contributed by atoms with Crippen LogP contribution in [0.2, 0.25) is 5.02 Å². The molecule has 9 nitrogen and oxygen atoms in total. The molecule has 35 heavy (non-hydrogen) atoms. The second-order valence-corrected chi connectivity index (χ2v) is 7.91. The van der Waals surface area contributed by atoms with Crippen LogP contribution in [0.1, 0.15) is 17.2 Å². The van der Waals surface area contributed by atoms with Crippen LogP contribution in [-0.2, 0) is 9.59 Å². The van der Waals surface area contributed by atoms with Gasteiger partial charge in [0.25, 0.3) is 11.7 Å². The van der Waals surface area contributed by atoms with Crippen molar-refractivity contribution in [2.75, 3.05) is 12.0 Å². The Labute approximate surface area is 202 Å². The lowest BCUT2D eigenvalue weighted by atomic mass is 9.94. The van der Waals surface area contributed by atoms with Gasteiger partial charge in [-0.3, -0.25) is 24.6 Å². The number of methoxy groups -OCH3 is 1. The predicted octanol–water partition coefficient (Wildman–Crippen LogP) is 4.73. The van der Waals surface area contributed by atoms with Crippen molar-refractivity contribution in [3.05, 3.63) is 98.3 Å². The van der Waals surface area contributed by atoms with Crippen molar-refractivity contribution >= 4 is 40.4 Å². The molecule has 1 atom stereocenters. The second kappa shape index (κ2) is 9.07. The molecule has 1 aliphatic rings. The SMILES string of the molecule is COc1ccc(Cl)c(/C(O)=C2\C(=O)C(=O)N(c3cccc(F)c3)C2c2ccc(O)c([N+](=O)[O-])c2)c1. The number of ketones is 1. The maximum Gasteiger partial charge on any atom is 0.311 e. The van der Waals surface area contributed by atoms with E-state index in [-0.39, 0.29) is 21.8 Å². The number of ether oxygens (including phenoxy) is 1. The van der Waals surface area contributed by atoms with Crippen LogP contribution in [0.15, 0.2) is 66.2 Å². The fraction of sp³-hybridized carbons (Fsp3) is 0.0833. The minimum absolute atomic E-state index is 0.0125. The van der Waals surface area contributed by atoms with Crippen molar-refractivity contribution in [1.29, 1.82) is 0 Å². The third kappa shape index (κ3) is 4.15. The van der Waals surface area contributed by atoms with Crippen molar-refractivity contribution in [3.8, 4) is 11.5 Å². The van der Waals surface area contributed by atoms with Gasteiger partial charge in [0.1, 0.15) is 17.3 Å². The van der Waals surface area contributed by atoms with Gasteiger partial charge in [0, 0.05) is 17.3 Å². The topological polar surface area (TPSA) is 130 Å². The summed E-state index contributed by atoms with van der Waals surface area (Å²) in [5.74, 6) is -3.92. The smallest absolute Gasteiger partial charge is 0.311 e. The lowest BCUT2D eigenvalue weighted by Crippen LogP contribution is -2.29. The van der Waals surface area contributed by atoms with Gasteiger partial charge >= 0.3 is 5.69 Å². The van der Waals surface area contributed by atoms with Crippen LogP contribution in [0.5, 0.6) is 11.5 Å². The zero-order chi connectivity index (χ0) is 25.4. The summed E-state index contributed by atoms with van der Waals surface area (Å²) < 4.78 is 19.2. The number of rotatable bonds is 5. The summed E-state index contributed by atoms with van der Waals surface area (Å²) in [6.07, 6.45) is 0. The van der Waals surface area contributed by atoms with E-state index < -0.39 is 51.2 Å². The van der Waals surface area contributed by atoms with Gasteiger partial charge < -0.3 is 14.9 Å². The van der Waals surface area contributed by atoms with Crippen LogP contribution in [0.4, 0.5) is 15.8 Å². The monoisotopic (exact) mass is 498 g/mol. The van der Waals surface area contributed by atoms with Crippen LogP contribution in [0, 0.1) is 15.9 Å². The minimum Gasteiger partial charge on any atom is -0.507 e. The number of amides is 1. The Hall–Kier alpha value is -4.44. The van der Waals surface area contributed by atoms with Gasteiger partial charge in [-0.25, -0.2) is 4.39 Å². The largest absolute Gasteiger partial charge is 0.507 e. The number of phenolic OH excluding ortho intramolecular Hbond substituents is 1. The predicted molar refractivity (Wildman–Crippen MR) is 124 cm³/mol. The number of hydrogen-bond donors (Lipinski definition) is 2. The Kier molecular flexibility index (Phi) is 6.14. The molecular formula is C24H16ClFN2O7. The van der Waals surface area contributed by atoms with Gasteiger partial charge in [0.15, 0.2) is 5.75 Å². The van der Waals surface area contributed by atoms with E-state index in [4.69, 9.17) is 16.3 Å². The van der Waals surface area contributed by atoms with Crippen molar-refractivity contribution in [1.82, 2.24) is 0 Å². The molecule has 3 aromatic rings. The maximum atomic E-state index is 14.0. The number of aliphatic hydroxyl groups is 1. The molecule has 11 heteroatoms. The third-order valence-corrected chi connectivity index (χ3v) is 5.80. The minimum atomic E-state index is -1.40. The molecule has 2 N–H and O–H groups in total. The van der Waals surface area contributed by atoms with Crippen molar-refractivity contribution in [2.45, 2.75) is 6.04 Å². The Balaban J connectivity index is 2.02. The molecule has 1 fully saturated rings. The highest BCUT2D eigenvalue weighted by Gasteiger charge is 2.47. The fourth-order valence-electron chi connectivity index (χ4n) is 3.85. The molecule has 1 unspecified atom stereocenters. The van der Waals surface area contributed by atoms with E-state index in [1.165, 1.54) is 43.5 Å². The quantitative estimate of drug-likeness (QED) is 0.171. The molecule has 0 bridgehead atoms. The first-order chi connectivity index (χ1) is 16.6. The number of phenols is 1. The molecule has 1 saturated heterocycles. The molecule has 1 heterocycles. The maximum absolute atomic E-state index is 14.0. The second-order valence-electron chi connectivity index (χ2n) is 7.50. The molecule has 4 rings (SSSR count). The highest BCUT2D eigenvalue weighted by molar-refractivity contribution is 6.52. The van der Waals surface area contributed by atoms with E-state index in [0.29, 0.717) is 5.75 Å². The number of anilines is 1. The zero-order valence-electron chi connectivity index (χ0n) is 17.9. The van der Waals surface area contributed by atoms with E-state index in [2.05, 4.69) is 0 Å². The average Bonchev–Trinajstić information content (AvgIpc) is 3.09. The molecule has 0 aromatic heterocycles. The number of benzene rings is 3. The van der Waals surface area contributed by atoms with Gasteiger partial charge in [-0.1, -0.05) is 23.7 Å². The van der Waals surface area contributed by atoms with Gasteiger partial charge in [-0.15, -0.1) is 0 Å². The first-order valence-corrected chi connectivity index (χ1v) is 10.4. The average molecular weight is 499 g/mol. The molecule has 3 aromatic carbocycles. The Morgan fingerprint density at radius 1 is 1.14 bits per heavy atom. The zero-order valence-corrected chi connectivity index (χ0v) is 18.7. The van der Waals surface area contributed by atoms with Crippen LogP contribution >= 0.6 is 11.6 Å². The molecule has 0 spiro atoms. The number of nitro groups is 1. The molecule has 0 saturated carbocycles. The highest BCUT2D eigenvalue weighted by atomic mass is 35.5. The van der Waals surface area contributed by atoms with Gasteiger partial charge in [-0.2, -0.15) is 0 Å². The van der Waals surface area contributed by atoms with E-state index >= 15 is 0 Å². The molecule has 0 aliphatic carbocycles. The van der Waals surface area contributed by atoms with Gasteiger partial charge in [-0.05, 0) is 48.0 Å². The lowest BCUT2D eigenvalue weighted by Gasteiger charge is -2.25. The van der Waals surface area contributed by atoms with Crippen LogP contribution in [0.3, 0.4) is 0 Å². The summed E-state index contributed by atoms with van der Waals surface area (Å²) in [5.41, 5.74) is -1.16. The molecule has 178 valence electrons. The number of Topliss-reactive ketones (excluding diaryl/α,β-unsaturated/α-hetero) is 1. The van der Waals surface area contributed by atoms with Crippen LogP contribution in [0.25, 0.3) is 5.76 Å². The molecule has 1 aliphatic heterocycles. The number of nitrogens with zero attached hydrogens (tertiary/aromatic N) is 2. The molecule has 0 radical (unpaired) electrons. The number of aliphatic hydroxyl groups excluding tert-OH is 1. The van der Waals surface area contributed by atoms with Crippen molar-refractivity contribution in [2.24, 2.45) is 0 Å². The summed E-state index contributed by atoms with van der Waals surface area (Å²) in [6, 6.07) is 11.0. The van der Waals surface area contributed by atoms with Crippen LogP contribution in [-0.4, -0.2) is 33.9 Å². The van der Waals surface area contributed by atoms with E-state index in [1.54, 1.807) is 0 Å². The Morgan fingerprint density at radius 3 is 2.54 bits per heavy atom. The summed E-state index contributed by atoms with van der Waals surface area (Å²) >= 11 is 6.23. The van der Waals surface area contributed by atoms with E-state index in [0.717, 1.165) is 29.2 Å². The molecule has 1 amide bonds. The van der Waals surface area contributed by atoms with E-state index in [1.807, 2.05) is 0 Å². The summed E-state index contributed by atoms with van der Waals surface area (Å²) in [5, 5.41) is 32.5. The number of carbonyl (C=O) groups excluding carboxylic acids is 2. The summed E-state index contributed by atoms with van der Waals surface area (Å²) in [4.78, 5) is 37.8. The first kappa shape index (κ1) is 23.7. The third-order valence-electron chi connectivity index (χ3n) is 5.47. The van der Waals surface area contributed by atoms with Gasteiger partial charge in [0.2, 0.25) is 0 Å². The van der Waals surface area contributed by atoms with Crippen LogP contribution < -0.4 is 9.64 Å². The van der Waals surface area contributed by atoms with Gasteiger partial charge in [0.05, 0.1) is 28.7 Å². The Bertz CT molecular complexity index is 1420. The standard InChI is InChI=1S/C24H16ClFN2O7/c1-35-15-6-7-17(25)16(11-15)22(30)20-21(12-5-8-19(29)18(9-12)28(33)34)27(24(32)23(20)31)14-4-2-3-13(26)10-14/h2-11,21,29-30H,1H3/b22-20+.